The second-order valence-corrected chi connectivity index (χ2v) is 10.3. The van der Waals surface area contributed by atoms with Crippen molar-refractivity contribution in [2.45, 2.75) is 50.6 Å². The van der Waals surface area contributed by atoms with Gasteiger partial charge in [-0.3, -0.25) is 4.79 Å². The van der Waals surface area contributed by atoms with E-state index in [0.29, 0.717) is 55.1 Å². The van der Waals surface area contributed by atoms with Crippen LogP contribution in [-0.2, 0) is 23.0 Å². The van der Waals surface area contributed by atoms with Gasteiger partial charge in [-0.2, -0.15) is 4.31 Å². The van der Waals surface area contributed by atoms with Crippen LogP contribution >= 0.6 is 11.6 Å². The molecule has 2 atom stereocenters. The number of hydrogen-bond acceptors (Lipinski definition) is 6. The van der Waals surface area contributed by atoms with Gasteiger partial charge >= 0.3 is 0 Å². The smallest absolute Gasteiger partial charge is 0.289 e. The molecular weight excluding hydrogens is 440 g/mol. The summed E-state index contributed by atoms with van der Waals surface area (Å²) in [6.07, 6.45) is 2.22. The van der Waals surface area contributed by atoms with Gasteiger partial charge in [0.15, 0.2) is 0 Å². The molecule has 1 aromatic carbocycles. The Balaban J connectivity index is 1.43. The summed E-state index contributed by atoms with van der Waals surface area (Å²) in [4.78, 5) is 12.0. The highest BCUT2D eigenvalue weighted by Crippen LogP contribution is 2.33. The van der Waals surface area contributed by atoms with Crippen molar-refractivity contribution in [3.05, 3.63) is 34.9 Å². The number of nitrogens with one attached hydrogen (secondary N) is 2. The summed E-state index contributed by atoms with van der Waals surface area (Å²) in [5.74, 6) is 1.19. The highest BCUT2D eigenvalue weighted by molar-refractivity contribution is 7.89. The van der Waals surface area contributed by atoms with Gasteiger partial charge in [-0.25, -0.2) is 8.42 Å². The monoisotopic (exact) mass is 466 g/mol. The summed E-state index contributed by atoms with van der Waals surface area (Å²) in [6.45, 7) is 6.38. The van der Waals surface area contributed by atoms with Gasteiger partial charge < -0.3 is 15.2 Å². The topological polar surface area (TPSA) is 109 Å². The van der Waals surface area contributed by atoms with Gasteiger partial charge in [0.05, 0.1) is 15.6 Å². The molecule has 2 unspecified atom stereocenters. The first-order chi connectivity index (χ1) is 14.8. The summed E-state index contributed by atoms with van der Waals surface area (Å²) in [6, 6.07) is 4.83. The van der Waals surface area contributed by atoms with E-state index in [9.17, 15) is 13.2 Å². The maximum atomic E-state index is 13.1. The number of hydrogen-bond donors (Lipinski definition) is 2. The Hall–Kier alpha value is -2.17. The third-order valence-electron chi connectivity index (χ3n) is 6.11. The molecule has 1 fully saturated rings. The molecular formula is C20H27ClN6O3S. The average molecular weight is 467 g/mol. The minimum absolute atomic E-state index is 0.0257. The number of nitrogens with zero attached hydrogens (tertiary/aromatic N) is 4. The first-order valence-electron chi connectivity index (χ1n) is 10.6. The van der Waals surface area contributed by atoms with Gasteiger partial charge in [-0.15, -0.1) is 10.2 Å². The molecule has 2 aliphatic rings. The Morgan fingerprint density at radius 1 is 1.29 bits per heavy atom. The second kappa shape index (κ2) is 8.76. The molecule has 2 N–H and O–H groups in total. The van der Waals surface area contributed by atoms with Crippen LogP contribution in [0.5, 0.6) is 0 Å². The number of carbonyl (C=O) groups is 1. The van der Waals surface area contributed by atoms with Crippen LogP contribution in [-0.4, -0.2) is 59.1 Å². The van der Waals surface area contributed by atoms with Crippen LogP contribution in [0.2, 0.25) is 5.02 Å². The molecule has 168 valence electrons. The molecule has 0 saturated carbocycles. The standard InChI is InChI=1S/C20H27ClN6O3S/c1-3-17-13(2)7-10-27(17)31(29,30)14-4-5-16(15(21)12-14)22-8-6-18-24-25-19-20(28)23-9-11-26(18)19/h4-5,12-13,17,22H,3,6-11H2,1-2H3,(H,23,28). The zero-order valence-corrected chi connectivity index (χ0v) is 19.2. The summed E-state index contributed by atoms with van der Waals surface area (Å²) in [5, 5.41) is 14.4. The molecule has 0 aliphatic carbocycles. The van der Waals surface area contributed by atoms with Crippen LogP contribution in [0, 0.1) is 5.92 Å². The Bertz CT molecular complexity index is 1090. The zero-order valence-electron chi connectivity index (χ0n) is 17.6. The van der Waals surface area contributed by atoms with E-state index in [1.807, 2.05) is 11.5 Å². The Labute approximate surface area is 187 Å². The lowest BCUT2D eigenvalue weighted by Gasteiger charge is -2.25. The first kappa shape index (κ1) is 22.0. The van der Waals surface area contributed by atoms with Crippen LogP contribution in [0.15, 0.2) is 23.1 Å². The van der Waals surface area contributed by atoms with Crippen LogP contribution in [0.1, 0.15) is 43.1 Å². The fraction of sp³-hybridized carbons (Fsp3) is 0.550. The quantitative estimate of drug-likeness (QED) is 0.647. The van der Waals surface area contributed by atoms with Crippen molar-refractivity contribution in [2.24, 2.45) is 5.92 Å². The molecule has 9 nitrogen and oxygen atoms in total. The van der Waals surface area contributed by atoms with E-state index >= 15 is 0 Å². The van der Waals surface area contributed by atoms with Gasteiger partial charge in [0.25, 0.3) is 5.91 Å². The summed E-state index contributed by atoms with van der Waals surface area (Å²) in [7, 11) is -3.58. The number of aromatic nitrogens is 3. The van der Waals surface area contributed by atoms with Gasteiger partial charge in [-0.05, 0) is 37.0 Å². The number of carbonyl (C=O) groups excluding carboxylic acids is 1. The Morgan fingerprint density at radius 3 is 2.84 bits per heavy atom. The van der Waals surface area contributed by atoms with Crippen molar-refractivity contribution >= 4 is 33.2 Å². The van der Waals surface area contributed by atoms with Crippen molar-refractivity contribution < 1.29 is 13.2 Å². The third-order valence-corrected chi connectivity index (χ3v) is 8.35. The van der Waals surface area contributed by atoms with Crippen molar-refractivity contribution in [3.63, 3.8) is 0 Å². The summed E-state index contributed by atoms with van der Waals surface area (Å²) >= 11 is 6.40. The minimum atomic E-state index is -3.58. The van der Waals surface area contributed by atoms with Crippen molar-refractivity contribution in [1.29, 1.82) is 0 Å². The molecule has 31 heavy (non-hydrogen) atoms. The molecule has 2 aromatic rings. The number of rotatable bonds is 7. The fourth-order valence-electron chi connectivity index (χ4n) is 4.40. The minimum Gasteiger partial charge on any atom is -0.383 e. The second-order valence-electron chi connectivity index (χ2n) is 8.02. The number of fused-ring (bicyclic) bond motifs is 1. The van der Waals surface area contributed by atoms with E-state index in [1.165, 1.54) is 6.07 Å². The Morgan fingerprint density at radius 2 is 2.10 bits per heavy atom. The predicted molar refractivity (Wildman–Crippen MR) is 118 cm³/mol. The highest BCUT2D eigenvalue weighted by atomic mass is 35.5. The van der Waals surface area contributed by atoms with Crippen LogP contribution in [0.25, 0.3) is 0 Å². The maximum absolute atomic E-state index is 13.1. The molecule has 2 aliphatic heterocycles. The van der Waals surface area contributed by atoms with Gasteiger partial charge in [0, 0.05) is 38.6 Å². The lowest BCUT2D eigenvalue weighted by atomic mass is 10.0. The predicted octanol–water partition coefficient (Wildman–Crippen LogP) is 2.14. The lowest BCUT2D eigenvalue weighted by Crippen LogP contribution is -2.37. The molecule has 0 bridgehead atoms. The van der Waals surface area contributed by atoms with Gasteiger partial charge in [0.1, 0.15) is 5.82 Å². The average Bonchev–Trinajstić information content (AvgIpc) is 3.33. The van der Waals surface area contributed by atoms with E-state index in [4.69, 9.17) is 11.6 Å². The van der Waals surface area contributed by atoms with E-state index in [1.54, 1.807) is 16.4 Å². The lowest BCUT2D eigenvalue weighted by molar-refractivity contribution is 0.0921. The molecule has 4 rings (SSSR count). The van der Waals surface area contributed by atoms with Crippen molar-refractivity contribution in [1.82, 2.24) is 24.4 Å². The number of anilines is 1. The molecule has 3 heterocycles. The van der Waals surface area contributed by atoms with Crippen molar-refractivity contribution in [3.8, 4) is 0 Å². The molecule has 0 radical (unpaired) electrons. The summed E-state index contributed by atoms with van der Waals surface area (Å²) < 4.78 is 29.7. The van der Waals surface area contributed by atoms with E-state index in [-0.39, 0.29) is 16.8 Å². The highest BCUT2D eigenvalue weighted by Gasteiger charge is 2.38. The van der Waals surface area contributed by atoms with Crippen LogP contribution < -0.4 is 10.6 Å². The van der Waals surface area contributed by atoms with Crippen LogP contribution in [0.3, 0.4) is 0 Å². The van der Waals surface area contributed by atoms with E-state index in [2.05, 4.69) is 27.8 Å². The number of sulfonamides is 1. The molecule has 11 heteroatoms. The van der Waals surface area contributed by atoms with Crippen LogP contribution in [0.4, 0.5) is 5.69 Å². The Kier molecular flexibility index (Phi) is 6.23. The van der Waals surface area contributed by atoms with Gasteiger partial charge in [-0.1, -0.05) is 25.4 Å². The molecule has 0 spiro atoms. The van der Waals surface area contributed by atoms with Crippen molar-refractivity contribution in [2.75, 3.05) is 25.0 Å². The third kappa shape index (κ3) is 4.16. The number of amides is 1. The van der Waals surface area contributed by atoms with E-state index in [0.717, 1.165) is 18.7 Å². The number of benzene rings is 1. The zero-order chi connectivity index (χ0) is 22.2. The molecule has 1 amide bonds. The summed E-state index contributed by atoms with van der Waals surface area (Å²) in [5.41, 5.74) is 0.651. The normalized spacial score (nSPS) is 21.7. The number of halogens is 1. The molecule has 1 saturated heterocycles. The SMILES string of the molecule is CCC1C(C)CCN1S(=O)(=O)c1ccc(NCCc2nnc3n2CCNC3=O)c(Cl)c1. The largest absolute Gasteiger partial charge is 0.383 e. The first-order valence-corrected chi connectivity index (χ1v) is 12.4. The molecule has 1 aromatic heterocycles. The fourth-order valence-corrected chi connectivity index (χ4v) is 6.55. The van der Waals surface area contributed by atoms with E-state index < -0.39 is 10.0 Å². The van der Waals surface area contributed by atoms with Gasteiger partial charge in [0.2, 0.25) is 15.8 Å². The maximum Gasteiger partial charge on any atom is 0.289 e.